The van der Waals surface area contributed by atoms with Crippen LogP contribution >= 0.6 is 0 Å². The van der Waals surface area contributed by atoms with E-state index in [1.54, 1.807) is 18.2 Å². The minimum atomic E-state index is -0.508. The van der Waals surface area contributed by atoms with Crippen LogP contribution in [0.2, 0.25) is 0 Å². The van der Waals surface area contributed by atoms with Crippen LogP contribution in [0.25, 0.3) is 0 Å². The first kappa shape index (κ1) is 15.5. The molecule has 0 bridgehead atoms. The summed E-state index contributed by atoms with van der Waals surface area (Å²) in [5.74, 6) is -0.258. The van der Waals surface area contributed by atoms with Crippen LogP contribution in [0.3, 0.4) is 0 Å². The van der Waals surface area contributed by atoms with Gasteiger partial charge in [0, 0.05) is 36.5 Å². The first-order valence-corrected chi connectivity index (χ1v) is 7.18. The number of nitrogens with zero attached hydrogens (tertiary/aromatic N) is 1. The van der Waals surface area contributed by atoms with E-state index >= 15 is 0 Å². The van der Waals surface area contributed by atoms with Gasteiger partial charge in [0.15, 0.2) is 0 Å². The van der Waals surface area contributed by atoms with E-state index in [0.29, 0.717) is 29.9 Å². The minimum Gasteiger partial charge on any atom is -0.399 e. The molecule has 0 fully saturated rings. The highest BCUT2D eigenvalue weighted by Gasteiger charge is 2.21. The van der Waals surface area contributed by atoms with Crippen molar-refractivity contribution in [2.24, 2.45) is 0 Å². The molecule has 4 rings (SSSR count). The van der Waals surface area contributed by atoms with E-state index in [2.05, 4.69) is 10.6 Å². The van der Waals surface area contributed by atoms with Crippen LogP contribution in [0.5, 0.6) is 0 Å². The molecule has 122 valence electrons. The molecule has 0 saturated carbocycles. The smallest absolute Gasteiger partial charge is 0.270 e. The van der Waals surface area contributed by atoms with Gasteiger partial charge in [-0.25, -0.2) is 0 Å². The van der Waals surface area contributed by atoms with Gasteiger partial charge in [0.1, 0.15) is 0 Å². The number of nitro benzene ring substituents is 1. The number of fused-ring (bicyclic) bond motifs is 2. The lowest BCUT2D eigenvalue weighted by Gasteiger charge is -1.95. The number of nitro groups is 1. The Kier molecular flexibility index (Phi) is 3.87. The molecule has 0 aliphatic carbocycles. The van der Waals surface area contributed by atoms with Crippen LogP contribution in [0.1, 0.15) is 31.8 Å². The maximum Gasteiger partial charge on any atom is 0.270 e. The molecule has 2 aromatic carbocycles. The van der Waals surface area contributed by atoms with Crippen molar-refractivity contribution in [2.45, 2.75) is 13.1 Å². The highest BCUT2D eigenvalue weighted by Crippen LogP contribution is 2.21. The Hall–Kier alpha value is -3.42. The molecule has 0 saturated heterocycles. The summed E-state index contributed by atoms with van der Waals surface area (Å²) in [5.41, 5.74) is 9.08. The number of nitrogens with two attached hydrogens (primary N) is 1. The Labute approximate surface area is 136 Å². The molecule has 2 heterocycles. The van der Waals surface area contributed by atoms with Crippen LogP contribution < -0.4 is 16.4 Å². The quantitative estimate of drug-likeness (QED) is 0.414. The first-order chi connectivity index (χ1) is 11.5. The molecule has 2 aromatic rings. The standard InChI is InChI=1S/C8H6N2O3.C8H8N2O/c11-8-7-3-6(10(12)13)2-1-5(7)4-9-8;9-6-2-1-5-4-10-8(11)7(5)3-6/h1-3H,4H2,(H,9,11);1-3H,4,9H2,(H,10,11). The van der Waals surface area contributed by atoms with Crippen LogP contribution in [-0.4, -0.2) is 16.7 Å². The number of non-ortho nitro benzene ring substituents is 1. The van der Waals surface area contributed by atoms with Crippen LogP contribution in [-0.2, 0) is 13.1 Å². The van der Waals surface area contributed by atoms with Crippen molar-refractivity contribution in [1.29, 1.82) is 0 Å². The third kappa shape index (κ3) is 2.89. The molecule has 0 atom stereocenters. The van der Waals surface area contributed by atoms with Gasteiger partial charge in [-0.05, 0) is 29.3 Å². The topological polar surface area (TPSA) is 127 Å². The van der Waals surface area contributed by atoms with Crippen molar-refractivity contribution in [2.75, 3.05) is 5.73 Å². The fourth-order valence-electron chi connectivity index (χ4n) is 2.54. The monoisotopic (exact) mass is 326 g/mol. The zero-order valence-corrected chi connectivity index (χ0v) is 12.5. The van der Waals surface area contributed by atoms with Gasteiger partial charge in [0.05, 0.1) is 10.5 Å². The Morgan fingerprint density at radius 1 is 0.917 bits per heavy atom. The fourth-order valence-corrected chi connectivity index (χ4v) is 2.54. The van der Waals surface area contributed by atoms with Gasteiger partial charge in [-0.3, -0.25) is 19.7 Å². The van der Waals surface area contributed by atoms with Gasteiger partial charge < -0.3 is 16.4 Å². The van der Waals surface area contributed by atoms with Gasteiger partial charge in [-0.15, -0.1) is 0 Å². The summed E-state index contributed by atoms with van der Waals surface area (Å²) in [5, 5.41) is 15.7. The summed E-state index contributed by atoms with van der Waals surface area (Å²) in [6.45, 7) is 1.10. The van der Waals surface area contributed by atoms with Crippen molar-refractivity contribution in [3.63, 3.8) is 0 Å². The largest absolute Gasteiger partial charge is 0.399 e. The molecule has 0 aromatic heterocycles. The lowest BCUT2D eigenvalue weighted by molar-refractivity contribution is -0.384. The second kappa shape index (κ2) is 5.99. The predicted octanol–water partition coefficient (Wildman–Crippen LogP) is 1.35. The van der Waals surface area contributed by atoms with Crippen molar-refractivity contribution in [3.05, 3.63) is 68.8 Å². The van der Waals surface area contributed by atoms with Crippen LogP contribution in [0.4, 0.5) is 11.4 Å². The second-order valence-corrected chi connectivity index (χ2v) is 5.38. The van der Waals surface area contributed by atoms with Crippen molar-refractivity contribution in [3.8, 4) is 0 Å². The highest BCUT2D eigenvalue weighted by molar-refractivity contribution is 5.99. The van der Waals surface area contributed by atoms with Crippen molar-refractivity contribution in [1.82, 2.24) is 10.6 Å². The lowest BCUT2D eigenvalue weighted by Crippen LogP contribution is -2.12. The molecule has 2 amide bonds. The third-order valence-corrected chi connectivity index (χ3v) is 3.81. The summed E-state index contributed by atoms with van der Waals surface area (Å²) in [4.78, 5) is 32.0. The zero-order chi connectivity index (χ0) is 17.3. The maximum atomic E-state index is 11.1. The van der Waals surface area contributed by atoms with Gasteiger partial charge in [0.2, 0.25) is 0 Å². The van der Waals surface area contributed by atoms with E-state index in [9.17, 15) is 19.7 Å². The number of nitrogen functional groups attached to an aromatic ring is 1. The average Bonchev–Trinajstić information content (AvgIpc) is 3.11. The Morgan fingerprint density at radius 3 is 2.04 bits per heavy atom. The SMILES string of the molecule is Nc1ccc2c(c1)C(=O)NC2.O=C1NCc2ccc([N+](=O)[O-])cc21. The van der Waals surface area contributed by atoms with Crippen LogP contribution in [0.15, 0.2) is 36.4 Å². The number of hydrogen-bond donors (Lipinski definition) is 3. The number of rotatable bonds is 1. The average molecular weight is 326 g/mol. The Morgan fingerprint density at radius 2 is 1.46 bits per heavy atom. The van der Waals surface area contributed by atoms with Crippen molar-refractivity contribution >= 4 is 23.2 Å². The highest BCUT2D eigenvalue weighted by atomic mass is 16.6. The lowest BCUT2D eigenvalue weighted by atomic mass is 10.1. The number of anilines is 1. The molecule has 8 heteroatoms. The number of hydrogen-bond acceptors (Lipinski definition) is 5. The number of carbonyl (C=O) groups excluding carboxylic acids is 2. The van der Waals surface area contributed by atoms with E-state index in [1.165, 1.54) is 12.1 Å². The van der Waals surface area contributed by atoms with Gasteiger partial charge in [0.25, 0.3) is 17.5 Å². The van der Waals surface area contributed by atoms with E-state index < -0.39 is 4.92 Å². The van der Waals surface area contributed by atoms with Gasteiger partial charge in [-0.1, -0.05) is 6.07 Å². The maximum absolute atomic E-state index is 11.1. The molecule has 24 heavy (non-hydrogen) atoms. The summed E-state index contributed by atoms with van der Waals surface area (Å²) < 4.78 is 0. The predicted molar refractivity (Wildman–Crippen MR) is 86.3 cm³/mol. The second-order valence-electron chi connectivity index (χ2n) is 5.38. The number of nitrogens with one attached hydrogen (secondary N) is 2. The first-order valence-electron chi connectivity index (χ1n) is 7.18. The van der Waals surface area contributed by atoms with E-state index in [-0.39, 0.29) is 17.5 Å². The number of carbonyl (C=O) groups is 2. The molecule has 0 spiro atoms. The Bertz CT molecular complexity index is 863. The molecular weight excluding hydrogens is 312 g/mol. The molecule has 2 aliphatic heterocycles. The minimum absolute atomic E-state index is 0.0210. The van der Waals surface area contributed by atoms with Crippen LogP contribution in [0, 0.1) is 10.1 Å². The Balaban J connectivity index is 0.000000143. The molecule has 0 radical (unpaired) electrons. The van der Waals surface area contributed by atoms with Crippen molar-refractivity contribution < 1.29 is 14.5 Å². The molecular formula is C16H14N4O4. The normalized spacial score (nSPS) is 14.0. The third-order valence-electron chi connectivity index (χ3n) is 3.81. The van der Waals surface area contributed by atoms with E-state index in [4.69, 9.17) is 5.73 Å². The molecule has 2 aliphatic rings. The van der Waals surface area contributed by atoms with E-state index in [1.807, 2.05) is 6.07 Å². The molecule has 4 N–H and O–H groups in total. The molecule has 8 nitrogen and oxygen atoms in total. The zero-order valence-electron chi connectivity index (χ0n) is 12.5. The summed E-state index contributed by atoms with van der Waals surface area (Å²) >= 11 is 0. The van der Waals surface area contributed by atoms with Gasteiger partial charge >= 0.3 is 0 Å². The molecule has 0 unspecified atom stereocenters. The summed E-state index contributed by atoms with van der Waals surface area (Å²) in [7, 11) is 0. The van der Waals surface area contributed by atoms with Gasteiger partial charge in [-0.2, -0.15) is 0 Å². The summed E-state index contributed by atoms with van der Waals surface area (Å²) in [6, 6.07) is 9.70. The summed E-state index contributed by atoms with van der Waals surface area (Å²) in [6.07, 6.45) is 0. The fraction of sp³-hybridized carbons (Fsp3) is 0.125. The van der Waals surface area contributed by atoms with E-state index in [0.717, 1.165) is 11.1 Å². The number of amides is 2. The number of benzene rings is 2.